The number of aryl methyl sites for hydroxylation is 1. The predicted octanol–water partition coefficient (Wildman–Crippen LogP) is 4.11. The minimum absolute atomic E-state index is 0.252. The largest absolute Gasteiger partial charge is 0.447 e. The molecule has 3 aromatic rings. The van der Waals surface area contributed by atoms with Crippen molar-refractivity contribution in [3.63, 3.8) is 0 Å². The normalized spacial score (nSPS) is 12.1. The molecule has 29 heavy (non-hydrogen) atoms. The third kappa shape index (κ3) is 5.74. The number of aromatic nitrogens is 2. The first-order chi connectivity index (χ1) is 14.1. The fourth-order valence-corrected chi connectivity index (χ4v) is 3.07. The number of rotatable bonds is 9. The van der Waals surface area contributed by atoms with Gasteiger partial charge in [-0.05, 0) is 43.0 Å². The zero-order valence-corrected chi connectivity index (χ0v) is 17.3. The topological polar surface area (TPSA) is 71.3 Å². The van der Waals surface area contributed by atoms with Crippen LogP contribution in [0.4, 0.5) is 0 Å². The van der Waals surface area contributed by atoms with Gasteiger partial charge in [-0.3, -0.25) is 14.7 Å². The summed E-state index contributed by atoms with van der Waals surface area (Å²) in [5.74, 6) is 0.295. The Bertz CT molecular complexity index is 923. The summed E-state index contributed by atoms with van der Waals surface area (Å²) in [5.41, 5.74) is 3.78. The van der Waals surface area contributed by atoms with E-state index in [0.717, 1.165) is 18.5 Å². The van der Waals surface area contributed by atoms with E-state index in [4.69, 9.17) is 4.42 Å². The van der Waals surface area contributed by atoms with Crippen LogP contribution in [0.25, 0.3) is 0 Å². The highest BCUT2D eigenvalue weighted by Crippen LogP contribution is 2.17. The van der Waals surface area contributed by atoms with E-state index >= 15 is 0 Å². The van der Waals surface area contributed by atoms with Crippen LogP contribution in [0.15, 0.2) is 59.5 Å². The van der Waals surface area contributed by atoms with E-state index in [-0.39, 0.29) is 5.91 Å². The van der Waals surface area contributed by atoms with Gasteiger partial charge in [-0.2, -0.15) is 0 Å². The van der Waals surface area contributed by atoms with Crippen molar-refractivity contribution in [1.29, 1.82) is 0 Å². The summed E-state index contributed by atoms with van der Waals surface area (Å²) in [4.78, 5) is 23.2. The Morgan fingerprint density at radius 2 is 2.03 bits per heavy atom. The maximum absolute atomic E-state index is 12.4. The molecule has 0 saturated carbocycles. The summed E-state index contributed by atoms with van der Waals surface area (Å²) >= 11 is 0. The molecule has 1 atom stereocenters. The summed E-state index contributed by atoms with van der Waals surface area (Å²) in [7, 11) is 0. The summed E-state index contributed by atoms with van der Waals surface area (Å²) in [6.45, 7) is 8.26. The Kier molecular flexibility index (Phi) is 7.14. The van der Waals surface area contributed by atoms with Gasteiger partial charge in [0.05, 0.1) is 6.54 Å². The number of pyridine rings is 1. The van der Waals surface area contributed by atoms with Crippen molar-refractivity contribution in [1.82, 2.24) is 20.2 Å². The molecule has 0 aliphatic rings. The first-order valence-electron chi connectivity index (χ1n) is 9.97. The fraction of sp³-hybridized carbons (Fsp3) is 0.348. The molecule has 1 aromatic carbocycles. The third-order valence-corrected chi connectivity index (χ3v) is 5.15. The minimum Gasteiger partial charge on any atom is -0.447 e. The van der Waals surface area contributed by atoms with Crippen molar-refractivity contribution >= 4 is 5.91 Å². The highest BCUT2D eigenvalue weighted by molar-refractivity contribution is 5.91. The monoisotopic (exact) mass is 392 g/mol. The van der Waals surface area contributed by atoms with Gasteiger partial charge in [0.1, 0.15) is 6.26 Å². The van der Waals surface area contributed by atoms with Crippen LogP contribution in [0.1, 0.15) is 53.3 Å². The van der Waals surface area contributed by atoms with E-state index in [9.17, 15) is 4.79 Å². The average Bonchev–Trinajstić information content (AvgIpc) is 3.22. The Labute approximate surface area is 172 Å². The van der Waals surface area contributed by atoms with Crippen molar-refractivity contribution in [2.75, 3.05) is 0 Å². The van der Waals surface area contributed by atoms with Gasteiger partial charge in [-0.1, -0.05) is 37.3 Å². The molecule has 1 N–H and O–H groups in total. The lowest BCUT2D eigenvalue weighted by atomic mass is 10.1. The molecule has 0 fully saturated rings. The number of benzene rings is 1. The summed E-state index contributed by atoms with van der Waals surface area (Å²) < 4.78 is 5.60. The van der Waals surface area contributed by atoms with Gasteiger partial charge in [-0.15, -0.1) is 0 Å². The number of oxazole rings is 1. The molecule has 1 amide bonds. The van der Waals surface area contributed by atoms with Crippen LogP contribution in [0, 0.1) is 6.92 Å². The van der Waals surface area contributed by atoms with Crippen molar-refractivity contribution in [3.8, 4) is 0 Å². The molecule has 0 bridgehead atoms. The second kappa shape index (κ2) is 9.98. The summed E-state index contributed by atoms with van der Waals surface area (Å²) in [5, 5.41) is 2.85. The molecule has 0 saturated heterocycles. The first-order valence-corrected chi connectivity index (χ1v) is 9.97. The standard InChI is InChI=1S/C23H28N4O2/c1-4-18(3)27(14-20-10-6-5-8-17(20)2)15-22-26-21(16-29-22)23(28)25-13-19-9-7-11-24-12-19/h5-12,16,18H,4,13-15H2,1-3H3,(H,25,28). The third-order valence-electron chi connectivity index (χ3n) is 5.15. The molecule has 0 aliphatic heterocycles. The minimum atomic E-state index is -0.252. The van der Waals surface area contributed by atoms with Crippen LogP contribution >= 0.6 is 0 Å². The second-order valence-corrected chi connectivity index (χ2v) is 7.26. The number of nitrogens with zero attached hydrogens (tertiary/aromatic N) is 3. The first kappa shape index (κ1) is 20.7. The average molecular weight is 393 g/mol. The van der Waals surface area contributed by atoms with Crippen molar-refractivity contribution in [2.45, 2.75) is 52.9 Å². The zero-order chi connectivity index (χ0) is 20.6. The van der Waals surface area contributed by atoms with Crippen LogP contribution in [0.2, 0.25) is 0 Å². The number of carbonyl (C=O) groups excluding carboxylic acids is 1. The molecule has 0 radical (unpaired) electrons. The molecule has 152 valence electrons. The van der Waals surface area contributed by atoms with Crippen molar-refractivity contribution < 1.29 is 9.21 Å². The van der Waals surface area contributed by atoms with Gasteiger partial charge in [0.15, 0.2) is 5.69 Å². The number of hydrogen-bond donors (Lipinski definition) is 1. The lowest BCUT2D eigenvalue weighted by Crippen LogP contribution is -2.32. The smallest absolute Gasteiger partial charge is 0.273 e. The van der Waals surface area contributed by atoms with Crippen LogP contribution in [0.5, 0.6) is 0 Å². The molecule has 6 heteroatoms. The molecule has 1 unspecified atom stereocenters. The van der Waals surface area contributed by atoms with Gasteiger partial charge < -0.3 is 9.73 Å². The maximum Gasteiger partial charge on any atom is 0.273 e. The van der Waals surface area contributed by atoms with Gasteiger partial charge in [0.25, 0.3) is 5.91 Å². The number of amides is 1. The van der Waals surface area contributed by atoms with E-state index in [1.807, 2.05) is 12.1 Å². The highest BCUT2D eigenvalue weighted by atomic mass is 16.3. The molecular weight excluding hydrogens is 364 g/mol. The van der Waals surface area contributed by atoms with Crippen molar-refractivity contribution in [3.05, 3.63) is 83.3 Å². The molecule has 2 aromatic heterocycles. The number of hydrogen-bond acceptors (Lipinski definition) is 5. The van der Waals surface area contributed by atoms with E-state index in [1.54, 1.807) is 12.4 Å². The van der Waals surface area contributed by atoms with Crippen LogP contribution in [-0.4, -0.2) is 26.8 Å². The highest BCUT2D eigenvalue weighted by Gasteiger charge is 2.19. The Morgan fingerprint density at radius 3 is 2.76 bits per heavy atom. The van der Waals surface area contributed by atoms with E-state index in [2.05, 4.69) is 65.2 Å². The number of carbonyl (C=O) groups is 1. The Balaban J connectivity index is 1.64. The van der Waals surface area contributed by atoms with E-state index < -0.39 is 0 Å². The molecule has 0 spiro atoms. The second-order valence-electron chi connectivity index (χ2n) is 7.26. The van der Waals surface area contributed by atoms with E-state index in [1.165, 1.54) is 17.4 Å². The SMILES string of the molecule is CCC(C)N(Cc1nc(C(=O)NCc2cccnc2)co1)Cc1ccccc1C. The molecular formula is C23H28N4O2. The van der Waals surface area contributed by atoms with Gasteiger partial charge in [0.2, 0.25) is 5.89 Å². The molecule has 2 heterocycles. The summed E-state index contributed by atoms with van der Waals surface area (Å²) in [6, 6.07) is 12.5. The van der Waals surface area contributed by atoms with Gasteiger partial charge in [0, 0.05) is 31.5 Å². The Morgan fingerprint density at radius 1 is 1.21 bits per heavy atom. The quantitative estimate of drug-likeness (QED) is 0.593. The lowest BCUT2D eigenvalue weighted by Gasteiger charge is -2.27. The van der Waals surface area contributed by atoms with Crippen LogP contribution < -0.4 is 5.32 Å². The van der Waals surface area contributed by atoms with Crippen LogP contribution in [-0.2, 0) is 19.6 Å². The molecule has 3 rings (SSSR count). The fourth-order valence-electron chi connectivity index (χ4n) is 3.07. The van der Waals surface area contributed by atoms with Crippen LogP contribution in [0.3, 0.4) is 0 Å². The van der Waals surface area contributed by atoms with Gasteiger partial charge in [-0.25, -0.2) is 4.98 Å². The maximum atomic E-state index is 12.4. The molecule has 0 aliphatic carbocycles. The Hall–Kier alpha value is -2.99. The predicted molar refractivity (Wildman–Crippen MR) is 112 cm³/mol. The summed E-state index contributed by atoms with van der Waals surface area (Å²) in [6.07, 6.45) is 5.88. The van der Waals surface area contributed by atoms with Crippen molar-refractivity contribution in [2.24, 2.45) is 0 Å². The van der Waals surface area contributed by atoms with E-state index in [0.29, 0.717) is 30.7 Å². The van der Waals surface area contributed by atoms with Gasteiger partial charge >= 0.3 is 0 Å². The molecule has 6 nitrogen and oxygen atoms in total. The lowest BCUT2D eigenvalue weighted by molar-refractivity contribution is 0.0945. The zero-order valence-electron chi connectivity index (χ0n) is 17.3. The number of nitrogens with one attached hydrogen (secondary N) is 1.